The molecule has 0 bridgehead atoms. The van der Waals surface area contributed by atoms with Gasteiger partial charge in [0.15, 0.2) is 17.2 Å². The van der Waals surface area contributed by atoms with Crippen LogP contribution in [0, 0.1) is 0 Å². The van der Waals surface area contributed by atoms with Crippen molar-refractivity contribution in [2.45, 2.75) is 37.4 Å². The average Bonchev–Trinajstić information content (AvgIpc) is 3.55. The molecular weight excluding hydrogens is 394 g/mol. The third kappa shape index (κ3) is 3.28. The van der Waals surface area contributed by atoms with Gasteiger partial charge in [-0.1, -0.05) is 18.2 Å². The first-order valence-electron chi connectivity index (χ1n) is 10.6. The molecule has 4 heterocycles. The highest BCUT2D eigenvalue weighted by Crippen LogP contribution is 2.42. The van der Waals surface area contributed by atoms with Crippen molar-refractivity contribution in [1.29, 1.82) is 0 Å². The first-order chi connectivity index (χ1) is 15.2. The van der Waals surface area contributed by atoms with Crippen molar-refractivity contribution in [2.75, 3.05) is 18.9 Å². The van der Waals surface area contributed by atoms with E-state index in [1.807, 2.05) is 12.1 Å². The summed E-state index contributed by atoms with van der Waals surface area (Å²) in [6, 6.07) is 14.1. The predicted molar refractivity (Wildman–Crippen MR) is 114 cm³/mol. The number of fused-ring (bicyclic) bond motifs is 1. The molecule has 6 rings (SSSR count). The van der Waals surface area contributed by atoms with Crippen LogP contribution < -0.4 is 5.73 Å². The van der Waals surface area contributed by atoms with E-state index >= 15 is 0 Å². The van der Waals surface area contributed by atoms with E-state index in [1.165, 1.54) is 10.1 Å². The first-order valence-corrected chi connectivity index (χ1v) is 10.6. The Labute approximate surface area is 179 Å². The van der Waals surface area contributed by atoms with Crippen LogP contribution in [0.3, 0.4) is 0 Å². The van der Waals surface area contributed by atoms with E-state index in [1.54, 1.807) is 12.3 Å². The summed E-state index contributed by atoms with van der Waals surface area (Å²) in [5, 5.41) is 4.42. The Hall–Kier alpha value is -3.23. The van der Waals surface area contributed by atoms with Crippen LogP contribution in [0.2, 0.25) is 0 Å². The fourth-order valence-electron chi connectivity index (χ4n) is 4.70. The average molecular weight is 417 g/mol. The molecule has 3 aromatic heterocycles. The third-order valence-corrected chi connectivity index (χ3v) is 6.31. The predicted octanol–water partition coefficient (Wildman–Crippen LogP) is 4.03. The number of nitrogens with zero attached hydrogens (tertiary/aromatic N) is 4. The molecule has 0 unspecified atom stereocenters. The van der Waals surface area contributed by atoms with Gasteiger partial charge < -0.3 is 19.6 Å². The van der Waals surface area contributed by atoms with Gasteiger partial charge in [-0.3, -0.25) is 0 Å². The van der Waals surface area contributed by atoms with Gasteiger partial charge >= 0.3 is 0 Å². The van der Waals surface area contributed by atoms with Crippen LogP contribution in [-0.4, -0.2) is 38.6 Å². The highest BCUT2D eigenvalue weighted by molar-refractivity contribution is 5.67. The van der Waals surface area contributed by atoms with Gasteiger partial charge in [0.1, 0.15) is 0 Å². The van der Waals surface area contributed by atoms with Gasteiger partial charge in [0.05, 0.1) is 25.2 Å². The first kappa shape index (κ1) is 18.5. The Morgan fingerprint density at radius 2 is 1.84 bits per heavy atom. The fourth-order valence-corrected chi connectivity index (χ4v) is 4.70. The van der Waals surface area contributed by atoms with Gasteiger partial charge in [-0.05, 0) is 42.5 Å². The minimum Gasteiger partial charge on any atom is -0.461 e. The number of rotatable bonds is 3. The summed E-state index contributed by atoms with van der Waals surface area (Å²) in [6.45, 7) is 1.42. The van der Waals surface area contributed by atoms with Gasteiger partial charge in [0.25, 0.3) is 0 Å². The van der Waals surface area contributed by atoms with Crippen LogP contribution in [-0.2, 0) is 9.47 Å². The molecule has 8 heteroatoms. The standard InChI is InChI=1S/C23H23N5O3/c24-22-25-18(14-20-26-21(27-28(20)22)19-5-2-10-29-19)17-4-1-3-16(13-17)15-6-8-23(9-7-15)30-11-12-31-23/h1-5,10,13-15H,6-9,11-12H2,(H2,24,25). The van der Waals surface area contributed by atoms with Crippen LogP contribution >= 0.6 is 0 Å². The summed E-state index contributed by atoms with van der Waals surface area (Å²) in [4.78, 5) is 9.14. The zero-order valence-corrected chi connectivity index (χ0v) is 17.0. The maximum Gasteiger partial charge on any atom is 0.223 e. The van der Waals surface area contributed by atoms with Crippen molar-refractivity contribution in [1.82, 2.24) is 19.6 Å². The number of benzene rings is 1. The number of hydrogen-bond acceptors (Lipinski definition) is 7. The van der Waals surface area contributed by atoms with Crippen LogP contribution in [0.1, 0.15) is 37.2 Å². The molecule has 0 atom stereocenters. The number of nitrogen functional groups attached to an aromatic ring is 1. The molecule has 8 nitrogen and oxygen atoms in total. The molecule has 31 heavy (non-hydrogen) atoms. The molecule has 0 amide bonds. The Kier molecular flexibility index (Phi) is 4.29. The lowest BCUT2D eigenvalue weighted by atomic mass is 9.80. The molecule has 1 aliphatic heterocycles. The lowest BCUT2D eigenvalue weighted by Crippen LogP contribution is -2.34. The highest BCUT2D eigenvalue weighted by Gasteiger charge is 2.40. The molecule has 158 valence electrons. The zero-order chi connectivity index (χ0) is 20.8. The molecule has 1 saturated carbocycles. The summed E-state index contributed by atoms with van der Waals surface area (Å²) >= 11 is 0. The van der Waals surface area contributed by atoms with Crippen LogP contribution in [0.4, 0.5) is 5.95 Å². The Morgan fingerprint density at radius 1 is 1.00 bits per heavy atom. The second-order valence-corrected chi connectivity index (χ2v) is 8.19. The summed E-state index contributed by atoms with van der Waals surface area (Å²) in [7, 11) is 0. The molecule has 1 saturated heterocycles. The third-order valence-electron chi connectivity index (χ3n) is 6.31. The number of furan rings is 1. The smallest absolute Gasteiger partial charge is 0.223 e. The van der Waals surface area contributed by atoms with Crippen molar-refractivity contribution < 1.29 is 13.9 Å². The molecule has 0 radical (unpaired) electrons. The number of ether oxygens (including phenoxy) is 2. The summed E-state index contributed by atoms with van der Waals surface area (Å²) in [5.41, 5.74) is 9.94. The fraction of sp³-hybridized carbons (Fsp3) is 0.348. The van der Waals surface area contributed by atoms with Gasteiger partial charge in [-0.15, -0.1) is 5.10 Å². The maximum absolute atomic E-state index is 6.20. The zero-order valence-electron chi connectivity index (χ0n) is 17.0. The van der Waals surface area contributed by atoms with Crippen molar-refractivity contribution in [3.8, 4) is 22.8 Å². The second-order valence-electron chi connectivity index (χ2n) is 8.19. The van der Waals surface area contributed by atoms with Gasteiger partial charge in [0, 0.05) is 24.5 Å². The lowest BCUT2D eigenvalue weighted by Gasteiger charge is -2.35. The lowest BCUT2D eigenvalue weighted by molar-refractivity contribution is -0.178. The maximum atomic E-state index is 6.20. The van der Waals surface area contributed by atoms with E-state index in [9.17, 15) is 0 Å². The second kappa shape index (κ2) is 7.18. The largest absolute Gasteiger partial charge is 0.461 e. The Balaban J connectivity index is 1.30. The van der Waals surface area contributed by atoms with E-state index in [-0.39, 0.29) is 5.79 Å². The Bertz CT molecular complexity index is 1220. The van der Waals surface area contributed by atoms with Crippen molar-refractivity contribution in [3.05, 3.63) is 54.3 Å². The molecule has 4 aromatic rings. The SMILES string of the molecule is Nc1nc(-c2cccc(C3CCC4(CC3)OCCO4)c2)cc2nc(-c3ccco3)nn12. The van der Waals surface area contributed by atoms with Crippen molar-refractivity contribution >= 4 is 11.6 Å². The summed E-state index contributed by atoms with van der Waals surface area (Å²) < 4.78 is 18.7. The quantitative estimate of drug-likeness (QED) is 0.537. The van der Waals surface area contributed by atoms with E-state index < -0.39 is 0 Å². The van der Waals surface area contributed by atoms with E-state index in [0.29, 0.717) is 42.3 Å². The normalized spacial score (nSPS) is 18.8. The summed E-state index contributed by atoms with van der Waals surface area (Å²) in [5.74, 6) is 1.51. The molecule has 1 aliphatic carbocycles. The molecule has 1 aromatic carbocycles. The van der Waals surface area contributed by atoms with Crippen LogP contribution in [0.5, 0.6) is 0 Å². The van der Waals surface area contributed by atoms with Crippen LogP contribution in [0.25, 0.3) is 28.5 Å². The topological polar surface area (TPSA) is 101 Å². The Morgan fingerprint density at radius 3 is 2.61 bits per heavy atom. The highest BCUT2D eigenvalue weighted by atomic mass is 16.7. The monoisotopic (exact) mass is 417 g/mol. The number of nitrogens with two attached hydrogens (primary N) is 1. The molecular formula is C23H23N5O3. The number of anilines is 1. The molecule has 2 N–H and O–H groups in total. The summed E-state index contributed by atoms with van der Waals surface area (Å²) in [6.07, 6.45) is 5.57. The van der Waals surface area contributed by atoms with Crippen molar-refractivity contribution in [2.24, 2.45) is 0 Å². The number of aromatic nitrogens is 4. The minimum atomic E-state index is -0.339. The molecule has 2 fully saturated rings. The van der Waals surface area contributed by atoms with Crippen molar-refractivity contribution in [3.63, 3.8) is 0 Å². The van der Waals surface area contributed by atoms with Gasteiger partial charge in [-0.2, -0.15) is 4.52 Å². The molecule has 2 aliphatic rings. The van der Waals surface area contributed by atoms with Crippen LogP contribution in [0.15, 0.2) is 53.1 Å². The van der Waals surface area contributed by atoms with Gasteiger partial charge in [0.2, 0.25) is 11.8 Å². The molecule has 1 spiro atoms. The number of hydrogen-bond donors (Lipinski definition) is 1. The van der Waals surface area contributed by atoms with E-state index in [0.717, 1.165) is 36.9 Å². The minimum absolute atomic E-state index is 0.290. The van der Waals surface area contributed by atoms with Gasteiger partial charge in [-0.25, -0.2) is 9.97 Å². The van der Waals surface area contributed by atoms with E-state index in [2.05, 4.69) is 39.3 Å². The van der Waals surface area contributed by atoms with E-state index in [4.69, 9.17) is 19.6 Å².